The lowest BCUT2D eigenvalue weighted by Crippen LogP contribution is -2.36. The van der Waals surface area contributed by atoms with E-state index in [-0.39, 0.29) is 28.4 Å². The Balaban J connectivity index is 2.00. The van der Waals surface area contributed by atoms with E-state index in [2.05, 4.69) is 16.0 Å². The van der Waals surface area contributed by atoms with Gasteiger partial charge in [0.2, 0.25) is 5.95 Å². The second kappa shape index (κ2) is 8.55. The van der Waals surface area contributed by atoms with Crippen molar-refractivity contribution in [2.75, 3.05) is 17.2 Å². The SMILES string of the molecule is CCN(c1nc(N)ncc1C(C)=O)[C@@H](C)c1nn2ccc(C#N)c2c(=O)n1-c1ccccc1. The van der Waals surface area contributed by atoms with E-state index in [1.54, 1.807) is 24.4 Å². The fourth-order valence-electron chi connectivity index (χ4n) is 3.87. The van der Waals surface area contributed by atoms with E-state index in [0.717, 1.165) is 0 Å². The molecule has 0 aliphatic heterocycles. The smallest absolute Gasteiger partial charge is 0.283 e. The number of hydrogen-bond donors (Lipinski definition) is 1. The number of nitrogen functional groups attached to an aromatic ring is 1. The summed E-state index contributed by atoms with van der Waals surface area (Å²) in [6.07, 6.45) is 2.99. The van der Waals surface area contributed by atoms with Gasteiger partial charge in [-0.05, 0) is 39.0 Å². The molecule has 0 fully saturated rings. The Kier molecular flexibility index (Phi) is 5.62. The Bertz CT molecular complexity index is 1450. The van der Waals surface area contributed by atoms with E-state index in [9.17, 15) is 14.9 Å². The van der Waals surface area contributed by atoms with Crippen molar-refractivity contribution in [3.05, 3.63) is 76.1 Å². The van der Waals surface area contributed by atoms with Gasteiger partial charge in [0.25, 0.3) is 5.56 Å². The van der Waals surface area contributed by atoms with Crippen LogP contribution < -0.4 is 16.2 Å². The van der Waals surface area contributed by atoms with E-state index in [4.69, 9.17) is 10.8 Å². The van der Waals surface area contributed by atoms with Crippen LogP contribution in [0.2, 0.25) is 0 Å². The largest absolute Gasteiger partial charge is 0.368 e. The van der Waals surface area contributed by atoms with Crippen molar-refractivity contribution in [3.63, 3.8) is 0 Å². The number of fused-ring (bicyclic) bond motifs is 1. The molecule has 3 heterocycles. The summed E-state index contributed by atoms with van der Waals surface area (Å²) in [4.78, 5) is 36.0. The van der Waals surface area contributed by atoms with Crippen LogP contribution in [-0.4, -0.2) is 36.5 Å². The van der Waals surface area contributed by atoms with Crippen LogP contribution in [0.25, 0.3) is 11.2 Å². The minimum atomic E-state index is -0.493. The molecule has 2 N–H and O–H groups in total. The maximum absolute atomic E-state index is 13.6. The molecule has 4 rings (SSSR count). The van der Waals surface area contributed by atoms with Crippen molar-refractivity contribution in [1.82, 2.24) is 24.1 Å². The first kappa shape index (κ1) is 21.7. The summed E-state index contributed by atoms with van der Waals surface area (Å²) < 4.78 is 2.90. The van der Waals surface area contributed by atoms with Gasteiger partial charge in [-0.2, -0.15) is 15.3 Å². The molecule has 0 amide bonds. The maximum atomic E-state index is 13.6. The molecule has 0 saturated carbocycles. The number of nitriles is 1. The Hall–Kier alpha value is -4.52. The van der Waals surface area contributed by atoms with Crippen LogP contribution in [0.1, 0.15) is 48.6 Å². The zero-order valence-electron chi connectivity index (χ0n) is 18.4. The van der Waals surface area contributed by atoms with Crippen LogP contribution in [-0.2, 0) is 0 Å². The van der Waals surface area contributed by atoms with Gasteiger partial charge in [-0.1, -0.05) is 18.2 Å². The molecule has 4 aromatic rings. The van der Waals surface area contributed by atoms with Crippen molar-refractivity contribution in [2.45, 2.75) is 26.8 Å². The summed E-state index contributed by atoms with van der Waals surface area (Å²) >= 11 is 0. The van der Waals surface area contributed by atoms with Gasteiger partial charge in [-0.3, -0.25) is 14.2 Å². The quantitative estimate of drug-likeness (QED) is 0.450. The first-order chi connectivity index (χ1) is 15.9. The number of aromatic nitrogens is 5. The average Bonchev–Trinajstić information content (AvgIpc) is 3.23. The lowest BCUT2D eigenvalue weighted by atomic mass is 10.1. The molecular weight excluding hydrogens is 420 g/mol. The number of para-hydroxylation sites is 1. The summed E-state index contributed by atoms with van der Waals surface area (Å²) in [7, 11) is 0. The number of nitrogens with zero attached hydrogens (tertiary/aromatic N) is 7. The van der Waals surface area contributed by atoms with Crippen LogP contribution >= 0.6 is 0 Å². The first-order valence-corrected chi connectivity index (χ1v) is 10.4. The molecule has 3 aromatic heterocycles. The normalized spacial score (nSPS) is 11.8. The van der Waals surface area contributed by atoms with Gasteiger partial charge in [0.1, 0.15) is 17.4 Å². The van der Waals surface area contributed by atoms with E-state index in [1.807, 2.05) is 36.9 Å². The minimum Gasteiger partial charge on any atom is -0.368 e. The van der Waals surface area contributed by atoms with Gasteiger partial charge < -0.3 is 10.6 Å². The van der Waals surface area contributed by atoms with Crippen LogP contribution in [0.3, 0.4) is 0 Å². The number of ketones is 1. The fourth-order valence-corrected chi connectivity index (χ4v) is 3.87. The third-order valence-corrected chi connectivity index (χ3v) is 5.47. The molecule has 0 aliphatic carbocycles. The highest BCUT2D eigenvalue weighted by atomic mass is 16.1. The Morgan fingerprint density at radius 3 is 2.64 bits per heavy atom. The zero-order valence-corrected chi connectivity index (χ0v) is 18.4. The number of hydrogen-bond acceptors (Lipinski definition) is 8. The molecule has 10 nitrogen and oxygen atoms in total. The highest BCUT2D eigenvalue weighted by molar-refractivity contribution is 5.98. The number of anilines is 2. The number of Topliss-reactive ketones (excluding diaryl/α,β-unsaturated/α-hetero) is 1. The number of rotatable bonds is 6. The summed E-state index contributed by atoms with van der Waals surface area (Å²) in [5.41, 5.74) is 6.82. The molecule has 10 heteroatoms. The molecule has 0 unspecified atom stereocenters. The van der Waals surface area contributed by atoms with Crippen LogP contribution in [0, 0.1) is 11.3 Å². The Morgan fingerprint density at radius 1 is 1.27 bits per heavy atom. The molecule has 33 heavy (non-hydrogen) atoms. The monoisotopic (exact) mass is 442 g/mol. The van der Waals surface area contributed by atoms with Crippen LogP contribution in [0.5, 0.6) is 0 Å². The van der Waals surface area contributed by atoms with Crippen molar-refractivity contribution in [1.29, 1.82) is 5.26 Å². The predicted molar refractivity (Wildman–Crippen MR) is 123 cm³/mol. The van der Waals surface area contributed by atoms with Gasteiger partial charge in [0, 0.05) is 18.9 Å². The number of benzene rings is 1. The molecule has 0 bridgehead atoms. The zero-order chi connectivity index (χ0) is 23.7. The highest BCUT2D eigenvalue weighted by Gasteiger charge is 2.27. The van der Waals surface area contributed by atoms with Gasteiger partial charge in [-0.15, -0.1) is 0 Å². The fraction of sp³-hybridized carbons (Fsp3) is 0.217. The summed E-state index contributed by atoms with van der Waals surface area (Å²) in [5, 5.41) is 14.2. The van der Waals surface area contributed by atoms with E-state index < -0.39 is 6.04 Å². The predicted octanol–water partition coefficient (Wildman–Crippen LogP) is 2.52. The van der Waals surface area contributed by atoms with Gasteiger partial charge in [0.15, 0.2) is 11.6 Å². The molecule has 0 radical (unpaired) electrons. The van der Waals surface area contributed by atoms with Crippen molar-refractivity contribution in [3.8, 4) is 11.8 Å². The summed E-state index contributed by atoms with van der Waals surface area (Å²) in [6.45, 7) is 5.67. The maximum Gasteiger partial charge on any atom is 0.283 e. The third kappa shape index (κ3) is 3.70. The number of carbonyl (C=O) groups is 1. The summed E-state index contributed by atoms with van der Waals surface area (Å²) in [5.74, 6) is 0.605. The van der Waals surface area contributed by atoms with Crippen LogP contribution in [0.4, 0.5) is 11.8 Å². The van der Waals surface area contributed by atoms with Gasteiger partial charge in [0.05, 0.1) is 22.9 Å². The average molecular weight is 442 g/mol. The van der Waals surface area contributed by atoms with Crippen molar-refractivity contribution >= 4 is 23.1 Å². The molecule has 0 aliphatic rings. The molecule has 1 aromatic carbocycles. The standard InChI is InChI=1S/C23H22N8O2/c1-4-29(21-18(15(3)32)13-26-23(25)27-21)14(2)20-28-30-11-10-16(12-24)19(30)22(33)31(20)17-8-6-5-7-9-17/h5-11,13-14H,4H2,1-3H3,(H2,25,26,27)/t14-/m0/s1. The number of nitrogens with two attached hydrogens (primary N) is 1. The lowest BCUT2D eigenvalue weighted by molar-refractivity contribution is 0.101. The topological polar surface area (TPSA) is 135 Å². The number of carbonyl (C=O) groups excluding carboxylic acids is 1. The van der Waals surface area contributed by atoms with Crippen molar-refractivity contribution in [2.24, 2.45) is 0 Å². The third-order valence-electron chi connectivity index (χ3n) is 5.47. The second-order valence-electron chi connectivity index (χ2n) is 7.45. The molecule has 0 spiro atoms. The summed E-state index contributed by atoms with van der Waals surface area (Å²) in [6, 6.07) is 12.2. The Labute approximate surface area is 189 Å². The first-order valence-electron chi connectivity index (χ1n) is 10.4. The highest BCUT2D eigenvalue weighted by Crippen LogP contribution is 2.28. The minimum absolute atomic E-state index is 0.0357. The molecular formula is C23H22N8O2. The lowest BCUT2D eigenvalue weighted by Gasteiger charge is -2.31. The van der Waals surface area contributed by atoms with E-state index in [1.165, 1.54) is 22.2 Å². The van der Waals surface area contributed by atoms with Gasteiger partial charge in [-0.25, -0.2) is 9.50 Å². The Morgan fingerprint density at radius 2 is 2.00 bits per heavy atom. The molecule has 0 saturated heterocycles. The molecule has 166 valence electrons. The van der Waals surface area contributed by atoms with E-state index in [0.29, 0.717) is 29.4 Å². The molecule has 1 atom stereocenters. The second-order valence-corrected chi connectivity index (χ2v) is 7.45. The van der Waals surface area contributed by atoms with E-state index >= 15 is 0 Å². The van der Waals surface area contributed by atoms with Gasteiger partial charge >= 0.3 is 0 Å². The van der Waals surface area contributed by atoms with Crippen LogP contribution in [0.15, 0.2) is 53.6 Å². The van der Waals surface area contributed by atoms with Crippen molar-refractivity contribution < 1.29 is 4.79 Å².